The Balaban J connectivity index is 2.69. The van der Waals surface area contributed by atoms with Gasteiger partial charge in [0.05, 0.1) is 0 Å². The molecule has 9 heteroatoms. The lowest BCUT2D eigenvalue weighted by Crippen LogP contribution is -2.32. The van der Waals surface area contributed by atoms with E-state index in [0.717, 1.165) is 12.1 Å². The smallest absolute Gasteiger partial charge is 0.429 e. The molecule has 18 heavy (non-hydrogen) atoms. The predicted octanol–water partition coefficient (Wildman–Crippen LogP) is 2.70. The molecule has 0 saturated carbocycles. The number of halogens is 4. The van der Waals surface area contributed by atoms with Crippen molar-refractivity contribution in [3.8, 4) is 5.75 Å². The maximum Gasteiger partial charge on any atom is 0.444 e. The topological polar surface area (TPSA) is 70.6 Å². The molecule has 0 aromatic heterocycles. The number of rotatable bonds is 4. The number of hydrogen-bond donors (Lipinski definition) is 3. The highest BCUT2D eigenvalue weighted by Gasteiger charge is 2.42. The van der Waals surface area contributed by atoms with Crippen molar-refractivity contribution in [1.82, 2.24) is 5.48 Å². The zero-order valence-corrected chi connectivity index (χ0v) is 9.42. The number of carbonyl (C=O) groups excluding carboxylic acids is 1. The quantitative estimate of drug-likeness (QED) is 0.452. The largest absolute Gasteiger partial charge is 0.444 e. The molecule has 3 N–H and O–H groups in total. The molecular weight excluding hydrogens is 277 g/mol. The van der Waals surface area contributed by atoms with E-state index in [1.54, 1.807) is 0 Å². The molecule has 0 spiro atoms. The molecule has 2 amide bonds. The van der Waals surface area contributed by atoms with Crippen molar-refractivity contribution in [3.05, 3.63) is 24.3 Å². The molecule has 0 saturated heterocycles. The van der Waals surface area contributed by atoms with E-state index in [2.05, 4.69) is 21.7 Å². The van der Waals surface area contributed by atoms with Gasteiger partial charge in [-0.15, -0.1) is 0 Å². The average Bonchev–Trinajstić information content (AvgIpc) is 2.31. The van der Waals surface area contributed by atoms with Gasteiger partial charge < -0.3 is 10.1 Å². The van der Waals surface area contributed by atoms with E-state index in [1.807, 2.05) is 0 Å². The molecule has 1 unspecified atom stereocenters. The van der Waals surface area contributed by atoms with Crippen LogP contribution in [0.1, 0.15) is 0 Å². The van der Waals surface area contributed by atoms with E-state index in [0.29, 0.717) is 0 Å². The predicted molar refractivity (Wildman–Crippen MR) is 56.7 cm³/mol. The number of hydrogen-bond acceptors (Lipinski definition) is 3. The summed E-state index contributed by atoms with van der Waals surface area (Å²) in [5.74, 6) is -0.335. The van der Waals surface area contributed by atoms with Crippen LogP contribution in [0.3, 0.4) is 0 Å². The average molecular weight is 285 g/mol. The molecule has 1 atom stereocenters. The summed E-state index contributed by atoms with van der Waals surface area (Å²) in [5, 5.41) is 10.4. The Morgan fingerprint density at radius 3 is 2.39 bits per heavy atom. The number of anilines is 1. The Morgan fingerprint density at radius 1 is 1.39 bits per heavy atom. The number of benzene rings is 1. The first kappa shape index (κ1) is 14.4. The van der Waals surface area contributed by atoms with E-state index >= 15 is 0 Å². The maximum atomic E-state index is 12.8. The van der Waals surface area contributed by atoms with Crippen molar-refractivity contribution in [1.29, 1.82) is 0 Å². The van der Waals surface area contributed by atoms with E-state index in [-0.39, 0.29) is 11.4 Å². The van der Waals surface area contributed by atoms with Crippen LogP contribution in [0, 0.1) is 0 Å². The summed E-state index contributed by atoms with van der Waals surface area (Å²) in [7, 11) is 0. The first-order valence-corrected chi connectivity index (χ1v) is 4.95. The number of nitrogens with one attached hydrogen (secondary N) is 2. The van der Waals surface area contributed by atoms with Gasteiger partial charge in [-0.2, -0.15) is 8.78 Å². The fourth-order valence-corrected chi connectivity index (χ4v) is 1.01. The second-order valence-electron chi connectivity index (χ2n) is 3.05. The van der Waals surface area contributed by atoms with Gasteiger partial charge in [-0.1, -0.05) is 11.6 Å². The summed E-state index contributed by atoms with van der Waals surface area (Å²) in [6.07, 6.45) is -4.15. The maximum absolute atomic E-state index is 12.8. The van der Waals surface area contributed by atoms with Gasteiger partial charge >= 0.3 is 12.1 Å². The van der Waals surface area contributed by atoms with Crippen LogP contribution in [0.5, 0.6) is 5.75 Å². The van der Waals surface area contributed by atoms with Crippen molar-refractivity contribution >= 4 is 23.3 Å². The third kappa shape index (κ3) is 3.97. The highest BCUT2D eigenvalue weighted by Crippen LogP contribution is 2.29. The number of carbonyl (C=O) groups is 1. The van der Waals surface area contributed by atoms with Crippen LogP contribution in [0.25, 0.3) is 0 Å². The molecule has 0 bridgehead atoms. The van der Waals surface area contributed by atoms with E-state index in [4.69, 9.17) is 5.21 Å². The molecule has 0 heterocycles. The summed E-state index contributed by atoms with van der Waals surface area (Å²) in [6.45, 7) is 0. The van der Waals surface area contributed by atoms with Crippen molar-refractivity contribution in [2.24, 2.45) is 0 Å². The summed E-state index contributed by atoms with van der Waals surface area (Å²) >= 11 is 4.60. The Bertz CT molecular complexity index is 414. The first-order valence-electron chi connectivity index (χ1n) is 4.51. The summed E-state index contributed by atoms with van der Waals surface area (Å²) < 4.78 is 41.8. The molecule has 5 nitrogen and oxygen atoms in total. The normalized spacial score (nSPS) is 12.7. The number of hydroxylamine groups is 1. The minimum absolute atomic E-state index is 0.208. The lowest BCUT2D eigenvalue weighted by molar-refractivity contribution is -0.199. The Morgan fingerprint density at radius 2 is 1.94 bits per heavy atom. The number of urea groups is 1. The summed E-state index contributed by atoms with van der Waals surface area (Å²) in [4.78, 5) is 10.7. The monoisotopic (exact) mass is 284 g/mol. The Kier molecular flexibility index (Phi) is 4.62. The third-order valence-electron chi connectivity index (χ3n) is 1.72. The number of alkyl halides is 4. The molecule has 0 aliphatic heterocycles. The summed E-state index contributed by atoms with van der Waals surface area (Å²) in [6, 6.07) is 3.66. The van der Waals surface area contributed by atoms with Crippen LogP contribution in [0.15, 0.2) is 24.3 Å². The van der Waals surface area contributed by atoms with Crippen molar-refractivity contribution in [3.63, 3.8) is 0 Å². The van der Waals surface area contributed by atoms with Crippen molar-refractivity contribution in [2.45, 2.75) is 11.7 Å². The standard InChI is InChI=1S/C9H8ClF3N2O3/c10-7(11)9(12,13)18-6-3-1-5(2-4-6)14-8(16)15-17/h1-4,7,17H,(H2,14,15,16). The van der Waals surface area contributed by atoms with E-state index in [9.17, 15) is 18.0 Å². The third-order valence-corrected chi connectivity index (χ3v) is 1.98. The molecule has 100 valence electrons. The van der Waals surface area contributed by atoms with Crippen LogP contribution in [-0.4, -0.2) is 23.0 Å². The number of ether oxygens (including phenoxy) is 1. The zero-order valence-electron chi connectivity index (χ0n) is 8.66. The van der Waals surface area contributed by atoms with Crippen LogP contribution in [0.2, 0.25) is 0 Å². The van der Waals surface area contributed by atoms with Crippen LogP contribution < -0.4 is 15.5 Å². The Labute approximate surface area is 104 Å². The SMILES string of the molecule is O=C(NO)Nc1ccc(OC(F)(F)C(F)Cl)cc1. The second kappa shape index (κ2) is 5.78. The van der Waals surface area contributed by atoms with Gasteiger partial charge in [0.2, 0.25) is 0 Å². The van der Waals surface area contributed by atoms with Gasteiger partial charge in [0.1, 0.15) is 5.75 Å². The van der Waals surface area contributed by atoms with Crippen molar-refractivity contribution < 1.29 is 27.9 Å². The lowest BCUT2D eigenvalue weighted by Gasteiger charge is -2.17. The zero-order chi connectivity index (χ0) is 13.8. The highest BCUT2D eigenvalue weighted by atomic mass is 35.5. The van der Waals surface area contributed by atoms with Crippen LogP contribution in [0.4, 0.5) is 23.7 Å². The minimum atomic E-state index is -4.15. The molecule has 1 rings (SSSR count). The van der Waals surface area contributed by atoms with Gasteiger partial charge in [0, 0.05) is 5.69 Å². The lowest BCUT2D eigenvalue weighted by atomic mass is 10.3. The van der Waals surface area contributed by atoms with Gasteiger partial charge in [0.25, 0.3) is 5.63 Å². The van der Waals surface area contributed by atoms with E-state index in [1.165, 1.54) is 17.6 Å². The van der Waals surface area contributed by atoms with Crippen molar-refractivity contribution in [2.75, 3.05) is 5.32 Å². The van der Waals surface area contributed by atoms with Crippen LogP contribution in [-0.2, 0) is 0 Å². The first-order chi connectivity index (χ1) is 8.35. The minimum Gasteiger partial charge on any atom is -0.429 e. The second-order valence-corrected chi connectivity index (χ2v) is 3.44. The molecule has 0 fully saturated rings. The molecule has 1 aromatic carbocycles. The van der Waals surface area contributed by atoms with Gasteiger partial charge in [-0.3, -0.25) is 5.21 Å². The molecule has 1 aromatic rings. The van der Waals surface area contributed by atoms with Crippen LogP contribution >= 0.6 is 11.6 Å². The van der Waals surface area contributed by atoms with Gasteiger partial charge in [-0.05, 0) is 24.3 Å². The fourth-order valence-electron chi connectivity index (χ4n) is 0.967. The molecule has 0 radical (unpaired) electrons. The highest BCUT2D eigenvalue weighted by molar-refractivity contribution is 6.20. The van der Waals surface area contributed by atoms with E-state index < -0.39 is 17.8 Å². The van der Waals surface area contributed by atoms with Gasteiger partial charge in [0.15, 0.2) is 0 Å². The Hall–Kier alpha value is -1.67. The molecule has 0 aliphatic rings. The fraction of sp³-hybridized carbons (Fsp3) is 0.222. The molecule has 0 aliphatic carbocycles. The summed E-state index contributed by atoms with van der Waals surface area (Å²) in [5.41, 5.74) is -1.46. The van der Waals surface area contributed by atoms with Gasteiger partial charge in [-0.25, -0.2) is 14.7 Å². The number of amides is 2. The molecular formula is C9H8ClF3N2O3.